The highest BCUT2D eigenvalue weighted by Crippen LogP contribution is 2.20. The van der Waals surface area contributed by atoms with Gasteiger partial charge in [-0.15, -0.1) is 0 Å². The van der Waals surface area contributed by atoms with Gasteiger partial charge in [0.25, 0.3) is 0 Å². The average Bonchev–Trinajstić information content (AvgIpc) is 3.02. The molecule has 1 rings (SSSR count). The second-order valence-electron chi connectivity index (χ2n) is 5.47. The van der Waals surface area contributed by atoms with Crippen molar-refractivity contribution in [1.29, 1.82) is 0 Å². The number of aromatic nitrogens is 2. The lowest BCUT2D eigenvalue weighted by molar-refractivity contribution is 0.740. The minimum Gasteiger partial charge on any atom is -0.402 e. The van der Waals surface area contributed by atoms with Crippen LogP contribution in [0.3, 0.4) is 0 Å². The van der Waals surface area contributed by atoms with Gasteiger partial charge in [-0.2, -0.15) is 0 Å². The Hall–Kier alpha value is -2.10. The summed E-state index contributed by atoms with van der Waals surface area (Å²) < 4.78 is 2.16. The Bertz CT molecular complexity index is 576. The Morgan fingerprint density at radius 1 is 1.43 bits per heavy atom. The molecule has 23 heavy (non-hydrogen) atoms. The number of nitrogens with zero attached hydrogens (tertiary/aromatic N) is 3. The van der Waals surface area contributed by atoms with Crippen molar-refractivity contribution in [1.82, 2.24) is 9.55 Å². The van der Waals surface area contributed by atoms with Crippen LogP contribution in [0.1, 0.15) is 58.7 Å². The fourth-order valence-electron chi connectivity index (χ4n) is 2.35. The number of hydrogen-bond acceptors (Lipinski definition) is 3. The van der Waals surface area contributed by atoms with Gasteiger partial charge >= 0.3 is 0 Å². The van der Waals surface area contributed by atoms with Gasteiger partial charge in [0.15, 0.2) is 0 Å². The number of aryl methyl sites for hydroxylation is 1. The molecular formula is C19H30N4. The summed E-state index contributed by atoms with van der Waals surface area (Å²) in [7, 11) is 0. The van der Waals surface area contributed by atoms with Gasteiger partial charge in [0.2, 0.25) is 0 Å². The molecule has 126 valence electrons. The molecule has 0 saturated heterocycles. The van der Waals surface area contributed by atoms with E-state index in [0.717, 1.165) is 43.7 Å². The summed E-state index contributed by atoms with van der Waals surface area (Å²) in [6, 6.07) is 0. The zero-order chi connectivity index (χ0) is 17.1. The molecule has 1 heterocycles. The molecule has 0 fully saturated rings. The third kappa shape index (κ3) is 6.68. The molecule has 2 N–H and O–H groups in total. The summed E-state index contributed by atoms with van der Waals surface area (Å²) in [6.45, 7) is 11.0. The Labute approximate surface area is 140 Å². The van der Waals surface area contributed by atoms with Crippen LogP contribution in [-0.4, -0.2) is 15.8 Å². The molecular weight excluding hydrogens is 284 g/mol. The number of imidazole rings is 1. The van der Waals surface area contributed by atoms with E-state index in [1.54, 1.807) is 0 Å². The second-order valence-corrected chi connectivity index (χ2v) is 5.47. The maximum Gasteiger partial charge on any atom is 0.135 e. The van der Waals surface area contributed by atoms with Gasteiger partial charge in [-0.05, 0) is 45.1 Å². The van der Waals surface area contributed by atoms with E-state index >= 15 is 0 Å². The third-order valence-electron chi connectivity index (χ3n) is 3.69. The van der Waals surface area contributed by atoms with Crippen molar-refractivity contribution >= 4 is 11.8 Å². The van der Waals surface area contributed by atoms with E-state index in [4.69, 9.17) is 5.73 Å². The topological polar surface area (TPSA) is 56.2 Å². The quantitative estimate of drug-likeness (QED) is 0.502. The van der Waals surface area contributed by atoms with Crippen LogP contribution in [0.25, 0.3) is 5.57 Å². The van der Waals surface area contributed by atoms with Crippen LogP contribution in [0.5, 0.6) is 0 Å². The van der Waals surface area contributed by atoms with Crippen molar-refractivity contribution in [2.24, 2.45) is 10.7 Å². The number of nitrogens with two attached hydrogens (primary N) is 1. The SMILES string of the molecule is C=C(N)C/C=C(/CCCC=N/C(=C\C)CC)c1nccn1CC. The van der Waals surface area contributed by atoms with Gasteiger partial charge < -0.3 is 10.3 Å². The van der Waals surface area contributed by atoms with Crippen LogP contribution in [0.4, 0.5) is 0 Å². The first-order valence-corrected chi connectivity index (χ1v) is 8.43. The minimum absolute atomic E-state index is 0.680. The van der Waals surface area contributed by atoms with E-state index in [0.29, 0.717) is 12.1 Å². The third-order valence-corrected chi connectivity index (χ3v) is 3.69. The van der Waals surface area contributed by atoms with Gasteiger partial charge in [-0.1, -0.05) is 25.7 Å². The monoisotopic (exact) mass is 314 g/mol. The lowest BCUT2D eigenvalue weighted by Gasteiger charge is -2.09. The number of hydrogen-bond donors (Lipinski definition) is 1. The Morgan fingerprint density at radius 2 is 2.22 bits per heavy atom. The summed E-state index contributed by atoms with van der Waals surface area (Å²) in [5, 5.41) is 0. The highest BCUT2D eigenvalue weighted by molar-refractivity contribution is 5.62. The van der Waals surface area contributed by atoms with Crippen LogP contribution in [0, 0.1) is 0 Å². The van der Waals surface area contributed by atoms with Crippen LogP contribution in [-0.2, 0) is 6.54 Å². The molecule has 0 spiro atoms. The predicted octanol–water partition coefficient (Wildman–Crippen LogP) is 4.70. The van der Waals surface area contributed by atoms with E-state index in [2.05, 4.69) is 47.1 Å². The first kappa shape index (κ1) is 18.9. The maximum atomic E-state index is 5.71. The molecule has 0 radical (unpaired) electrons. The van der Waals surface area contributed by atoms with E-state index < -0.39 is 0 Å². The molecule has 0 bridgehead atoms. The van der Waals surface area contributed by atoms with Gasteiger partial charge in [0.1, 0.15) is 5.82 Å². The minimum atomic E-state index is 0.680. The highest BCUT2D eigenvalue weighted by Gasteiger charge is 2.07. The Morgan fingerprint density at radius 3 is 2.83 bits per heavy atom. The molecule has 1 aromatic heterocycles. The molecule has 0 amide bonds. The first-order valence-electron chi connectivity index (χ1n) is 8.43. The molecule has 0 saturated carbocycles. The van der Waals surface area contributed by atoms with Crippen LogP contribution in [0.2, 0.25) is 0 Å². The van der Waals surface area contributed by atoms with Crippen LogP contribution in [0.15, 0.2) is 47.5 Å². The van der Waals surface area contributed by atoms with Crippen LogP contribution < -0.4 is 5.73 Å². The fraction of sp³-hybridized carbons (Fsp3) is 0.474. The molecule has 0 aliphatic carbocycles. The number of unbranched alkanes of at least 4 members (excludes halogenated alkanes) is 1. The van der Waals surface area contributed by atoms with E-state index in [1.165, 1.54) is 5.57 Å². The summed E-state index contributed by atoms with van der Waals surface area (Å²) in [5.41, 5.74) is 8.77. The van der Waals surface area contributed by atoms with Crippen molar-refractivity contribution in [2.45, 2.75) is 59.4 Å². The largest absolute Gasteiger partial charge is 0.402 e. The second kappa shape index (κ2) is 10.6. The molecule has 0 unspecified atom stereocenters. The predicted molar refractivity (Wildman–Crippen MR) is 100 cm³/mol. The van der Waals surface area contributed by atoms with Crippen LogP contribution >= 0.6 is 0 Å². The Kier molecular flexibility index (Phi) is 8.73. The molecule has 1 aromatic rings. The summed E-state index contributed by atoms with van der Waals surface area (Å²) >= 11 is 0. The van der Waals surface area contributed by atoms with Crippen molar-refractivity contribution in [3.8, 4) is 0 Å². The van der Waals surface area contributed by atoms with E-state index in [9.17, 15) is 0 Å². The smallest absolute Gasteiger partial charge is 0.135 e. The molecule has 4 heteroatoms. The molecule has 0 atom stereocenters. The zero-order valence-electron chi connectivity index (χ0n) is 14.8. The maximum absolute atomic E-state index is 5.71. The Balaban J connectivity index is 2.68. The van der Waals surface area contributed by atoms with Crippen molar-refractivity contribution in [3.63, 3.8) is 0 Å². The molecule has 0 aliphatic rings. The van der Waals surface area contributed by atoms with Gasteiger partial charge in [-0.3, -0.25) is 4.99 Å². The summed E-state index contributed by atoms with van der Waals surface area (Å²) in [5.74, 6) is 1.04. The molecule has 0 aromatic carbocycles. The normalized spacial score (nSPS) is 13.0. The standard InChI is InChI=1S/C19H30N4/c1-5-18(6-2)21-13-9-8-10-17(12-11-16(4)20)19-22-14-15-23(19)7-3/h5,12-15H,4,6-11,20H2,1-3H3/b17-12-,18-5-,21-13?. The number of aliphatic imine (C=N–C) groups is 1. The lowest BCUT2D eigenvalue weighted by Crippen LogP contribution is -2.01. The molecule has 0 aliphatic heterocycles. The van der Waals surface area contributed by atoms with Gasteiger partial charge in [-0.25, -0.2) is 4.98 Å². The average molecular weight is 314 g/mol. The molecule has 4 nitrogen and oxygen atoms in total. The highest BCUT2D eigenvalue weighted by atomic mass is 15.1. The van der Waals surface area contributed by atoms with E-state index in [1.807, 2.05) is 25.5 Å². The lowest BCUT2D eigenvalue weighted by atomic mass is 10.1. The van der Waals surface area contributed by atoms with Gasteiger partial charge in [0.05, 0.1) is 0 Å². The summed E-state index contributed by atoms with van der Waals surface area (Å²) in [6.07, 6.45) is 14.7. The van der Waals surface area contributed by atoms with E-state index in [-0.39, 0.29) is 0 Å². The summed E-state index contributed by atoms with van der Waals surface area (Å²) in [4.78, 5) is 8.99. The number of rotatable bonds is 10. The van der Waals surface area contributed by atoms with Crippen molar-refractivity contribution in [2.75, 3.05) is 0 Å². The zero-order valence-corrected chi connectivity index (χ0v) is 14.8. The first-order chi connectivity index (χ1) is 11.1. The van der Waals surface area contributed by atoms with Crippen molar-refractivity contribution in [3.05, 3.63) is 48.3 Å². The fourth-order valence-corrected chi connectivity index (χ4v) is 2.35. The number of allylic oxidation sites excluding steroid dienone is 4. The van der Waals surface area contributed by atoms with Gasteiger partial charge in [0, 0.05) is 43.0 Å². The van der Waals surface area contributed by atoms with Crippen molar-refractivity contribution < 1.29 is 0 Å².